The second kappa shape index (κ2) is 11.6. The number of rotatable bonds is 9. The number of aliphatic carboxylic acids is 1. The van der Waals surface area contributed by atoms with Crippen molar-refractivity contribution in [1.29, 1.82) is 0 Å². The molecule has 4 nitrogen and oxygen atoms in total. The van der Waals surface area contributed by atoms with Gasteiger partial charge in [-0.1, -0.05) is 54.1 Å². The maximum absolute atomic E-state index is 13.0. The summed E-state index contributed by atoms with van der Waals surface area (Å²) in [5, 5.41) is 9.93. The van der Waals surface area contributed by atoms with Gasteiger partial charge in [-0.05, 0) is 36.2 Å². The Morgan fingerprint density at radius 1 is 1.11 bits per heavy atom. The number of nitrogens with zero attached hydrogens (tertiary/aromatic N) is 1. The minimum absolute atomic E-state index is 0.406. The molecule has 192 valence electrons. The lowest BCUT2D eigenvalue weighted by Crippen LogP contribution is -2.10. The molecule has 4 aromatic rings. The van der Waals surface area contributed by atoms with Gasteiger partial charge in [-0.2, -0.15) is 13.2 Å². The van der Waals surface area contributed by atoms with Crippen molar-refractivity contribution in [1.82, 2.24) is 4.98 Å². The van der Waals surface area contributed by atoms with Crippen molar-refractivity contribution in [3.63, 3.8) is 0 Å². The van der Waals surface area contributed by atoms with E-state index in [1.165, 1.54) is 35.2 Å². The van der Waals surface area contributed by atoms with E-state index in [0.29, 0.717) is 33.5 Å². The minimum atomic E-state index is -4.40. The lowest BCUT2D eigenvalue weighted by Gasteiger charge is -2.11. The smallest absolute Gasteiger partial charge is 0.416 e. The highest BCUT2D eigenvalue weighted by molar-refractivity contribution is 7.98. The number of halogens is 4. The molecule has 1 aromatic heterocycles. The number of thiazole rings is 1. The van der Waals surface area contributed by atoms with Crippen LogP contribution in [0.3, 0.4) is 0 Å². The quantitative estimate of drug-likeness (QED) is 0.208. The number of carboxylic acids is 1. The first-order chi connectivity index (χ1) is 17.6. The van der Waals surface area contributed by atoms with Crippen molar-refractivity contribution in [2.45, 2.75) is 30.2 Å². The van der Waals surface area contributed by atoms with Crippen molar-refractivity contribution < 1.29 is 27.8 Å². The van der Waals surface area contributed by atoms with Crippen LogP contribution in [0.25, 0.3) is 10.6 Å². The van der Waals surface area contributed by atoms with Crippen molar-refractivity contribution in [3.05, 3.63) is 99.0 Å². The summed E-state index contributed by atoms with van der Waals surface area (Å²) in [4.78, 5) is 17.4. The number of carbonyl (C=O) groups is 1. The molecule has 0 bridgehead atoms. The third kappa shape index (κ3) is 7.06. The van der Waals surface area contributed by atoms with E-state index in [9.17, 15) is 18.0 Å². The van der Waals surface area contributed by atoms with Crippen LogP contribution in [0.1, 0.15) is 27.3 Å². The Bertz CT molecular complexity index is 1390. The minimum Gasteiger partial charge on any atom is -0.482 e. The molecule has 0 saturated heterocycles. The predicted molar refractivity (Wildman–Crippen MR) is 141 cm³/mol. The van der Waals surface area contributed by atoms with Gasteiger partial charge in [0.05, 0.1) is 16.3 Å². The second-order valence-electron chi connectivity index (χ2n) is 8.15. The highest BCUT2D eigenvalue weighted by Gasteiger charge is 2.30. The number of alkyl halides is 3. The summed E-state index contributed by atoms with van der Waals surface area (Å²) in [6.45, 7) is 1.36. The molecule has 3 aromatic carbocycles. The van der Waals surface area contributed by atoms with Gasteiger partial charge < -0.3 is 9.84 Å². The Hall–Kier alpha value is -3.01. The number of carboxylic acid groups (broad SMARTS) is 1. The van der Waals surface area contributed by atoms with Gasteiger partial charge in [-0.25, -0.2) is 9.78 Å². The van der Waals surface area contributed by atoms with Gasteiger partial charge >= 0.3 is 12.1 Å². The maximum atomic E-state index is 13.0. The van der Waals surface area contributed by atoms with Gasteiger partial charge in [0.15, 0.2) is 6.61 Å². The largest absolute Gasteiger partial charge is 0.482 e. The molecule has 0 fully saturated rings. The monoisotopic (exact) mass is 563 g/mol. The van der Waals surface area contributed by atoms with Gasteiger partial charge in [-0.15, -0.1) is 23.1 Å². The van der Waals surface area contributed by atoms with Crippen molar-refractivity contribution in [2.75, 3.05) is 6.61 Å². The Morgan fingerprint density at radius 2 is 1.81 bits per heavy atom. The van der Waals surface area contributed by atoms with Crippen molar-refractivity contribution in [3.8, 4) is 16.3 Å². The number of aromatic nitrogens is 1. The fraction of sp³-hybridized carbons (Fsp3) is 0.185. The third-order valence-electron chi connectivity index (χ3n) is 5.39. The van der Waals surface area contributed by atoms with Crippen LogP contribution in [0.15, 0.2) is 71.6 Å². The number of ether oxygens (including phenoxy) is 1. The van der Waals surface area contributed by atoms with Gasteiger partial charge in [-0.3, -0.25) is 0 Å². The van der Waals surface area contributed by atoms with E-state index >= 15 is 0 Å². The molecule has 0 aliphatic heterocycles. The maximum Gasteiger partial charge on any atom is 0.416 e. The molecular weight excluding hydrogens is 543 g/mol. The molecule has 0 spiro atoms. The van der Waals surface area contributed by atoms with Gasteiger partial charge in [0.2, 0.25) is 0 Å². The summed E-state index contributed by atoms with van der Waals surface area (Å²) < 4.78 is 44.3. The zero-order valence-corrected chi connectivity index (χ0v) is 21.9. The molecule has 1 N–H and O–H groups in total. The molecule has 0 radical (unpaired) electrons. The Morgan fingerprint density at radius 3 is 2.46 bits per heavy atom. The molecule has 0 amide bonds. The SMILES string of the molecule is Cc1cc(SCc2sc(-c3ccc(C(F)(F)F)cc3)nc2Cc2ccccc2)c(Cl)cc1OCC(=O)O. The van der Waals surface area contributed by atoms with Crippen LogP contribution in [0.2, 0.25) is 5.02 Å². The van der Waals surface area contributed by atoms with Crippen LogP contribution in [-0.4, -0.2) is 22.7 Å². The first-order valence-electron chi connectivity index (χ1n) is 11.1. The lowest BCUT2D eigenvalue weighted by molar-refractivity contribution is -0.139. The molecule has 0 aliphatic carbocycles. The predicted octanol–water partition coefficient (Wildman–Crippen LogP) is 8.14. The van der Waals surface area contributed by atoms with Crippen LogP contribution >= 0.6 is 34.7 Å². The topological polar surface area (TPSA) is 59.4 Å². The number of hydrogen-bond acceptors (Lipinski definition) is 5. The Balaban J connectivity index is 1.59. The number of benzene rings is 3. The van der Waals surface area contributed by atoms with E-state index in [1.807, 2.05) is 43.3 Å². The summed E-state index contributed by atoms with van der Waals surface area (Å²) in [6.07, 6.45) is -3.81. The van der Waals surface area contributed by atoms with Gasteiger partial charge in [0.25, 0.3) is 0 Å². The number of thioether (sulfide) groups is 1. The fourth-order valence-corrected chi connectivity index (χ4v) is 6.05. The van der Waals surface area contributed by atoms with Crippen molar-refractivity contribution >= 4 is 40.7 Å². The first kappa shape index (κ1) is 27.0. The van der Waals surface area contributed by atoms with E-state index < -0.39 is 24.3 Å². The highest BCUT2D eigenvalue weighted by atomic mass is 35.5. The zero-order valence-electron chi connectivity index (χ0n) is 19.5. The average molecular weight is 564 g/mol. The van der Waals surface area contributed by atoms with Crippen LogP contribution < -0.4 is 4.74 Å². The van der Waals surface area contributed by atoms with Gasteiger partial charge in [0, 0.05) is 33.6 Å². The Kier molecular flexibility index (Phi) is 8.46. The molecule has 0 atom stereocenters. The molecule has 10 heteroatoms. The fourth-order valence-electron chi connectivity index (χ4n) is 3.53. The van der Waals surface area contributed by atoms with Gasteiger partial charge in [0.1, 0.15) is 10.8 Å². The van der Waals surface area contributed by atoms with Crippen LogP contribution in [0.5, 0.6) is 5.75 Å². The summed E-state index contributed by atoms with van der Waals surface area (Å²) in [7, 11) is 0. The molecule has 37 heavy (non-hydrogen) atoms. The molecule has 0 unspecified atom stereocenters. The molecular formula is C27H21ClF3NO3S2. The Labute approximate surface area is 225 Å². The second-order valence-corrected chi connectivity index (χ2v) is 10.7. The highest BCUT2D eigenvalue weighted by Crippen LogP contribution is 2.39. The molecule has 4 rings (SSSR count). The van der Waals surface area contributed by atoms with Crippen LogP contribution in [0.4, 0.5) is 13.2 Å². The van der Waals surface area contributed by atoms with Crippen LogP contribution in [-0.2, 0) is 23.1 Å². The number of aryl methyl sites for hydroxylation is 1. The summed E-state index contributed by atoms with van der Waals surface area (Å²) in [5.74, 6) is -0.118. The standard InChI is InChI=1S/C27H21ClF3NO3S2/c1-16-11-23(20(28)13-22(16)35-14-25(33)34)36-15-24-21(12-17-5-3-2-4-6-17)32-26(37-24)18-7-9-19(10-8-18)27(29,30)31/h2-11,13H,12,14-15H2,1H3,(H,33,34). The normalized spacial score (nSPS) is 11.5. The lowest BCUT2D eigenvalue weighted by atomic mass is 10.1. The van der Waals surface area contributed by atoms with Crippen LogP contribution in [0, 0.1) is 6.92 Å². The first-order valence-corrected chi connectivity index (χ1v) is 13.3. The summed E-state index contributed by atoms with van der Waals surface area (Å²) in [6, 6.07) is 18.3. The van der Waals surface area contributed by atoms with E-state index in [4.69, 9.17) is 26.4 Å². The summed E-state index contributed by atoms with van der Waals surface area (Å²) in [5.41, 5.74) is 2.61. The van der Waals surface area contributed by atoms with E-state index in [0.717, 1.165) is 38.7 Å². The average Bonchev–Trinajstić information content (AvgIpc) is 3.26. The van der Waals surface area contributed by atoms with E-state index in [2.05, 4.69) is 0 Å². The van der Waals surface area contributed by atoms with E-state index in [1.54, 1.807) is 6.07 Å². The summed E-state index contributed by atoms with van der Waals surface area (Å²) >= 11 is 9.40. The zero-order chi connectivity index (χ0) is 26.6. The molecule has 1 heterocycles. The molecule has 0 saturated carbocycles. The van der Waals surface area contributed by atoms with E-state index in [-0.39, 0.29) is 0 Å². The molecule has 0 aliphatic rings. The van der Waals surface area contributed by atoms with Crippen molar-refractivity contribution in [2.24, 2.45) is 0 Å². The number of hydrogen-bond donors (Lipinski definition) is 1. The third-order valence-corrected chi connectivity index (χ3v) is 8.23.